The highest BCUT2D eigenvalue weighted by molar-refractivity contribution is 7.89. The van der Waals surface area contributed by atoms with Crippen molar-refractivity contribution < 1.29 is 17.9 Å². The van der Waals surface area contributed by atoms with Crippen molar-refractivity contribution in [2.24, 2.45) is 11.1 Å². The Morgan fingerprint density at radius 1 is 1.18 bits per heavy atom. The fourth-order valence-electron chi connectivity index (χ4n) is 1.98. The zero-order chi connectivity index (χ0) is 16.3. The molecule has 0 unspecified atom stereocenters. The van der Waals surface area contributed by atoms with Gasteiger partial charge in [0.05, 0.1) is 14.2 Å². The Kier molecular flexibility index (Phi) is 7.64. The Morgan fingerprint density at radius 2 is 1.64 bits per heavy atom. The average Bonchev–Trinajstić information content (AvgIpc) is 2.45. The number of benzene rings is 1. The smallest absolute Gasteiger partial charge is 0.250 e. The summed E-state index contributed by atoms with van der Waals surface area (Å²) in [4.78, 5) is 0.0327. The van der Waals surface area contributed by atoms with Gasteiger partial charge < -0.3 is 15.2 Å². The van der Waals surface area contributed by atoms with Crippen molar-refractivity contribution in [1.29, 1.82) is 0 Å². The van der Waals surface area contributed by atoms with Crippen LogP contribution in [-0.4, -0.2) is 47.1 Å². The molecule has 0 heterocycles. The molecule has 22 heavy (non-hydrogen) atoms. The number of nitrogens with zero attached hydrogens (tertiary/aromatic N) is 1. The first kappa shape index (κ1) is 21.0. The number of ether oxygens (including phenoxy) is 2. The monoisotopic (exact) mass is 352 g/mol. The number of hydrogen-bond donors (Lipinski definition) is 1. The summed E-state index contributed by atoms with van der Waals surface area (Å²) in [5, 5.41) is 0. The minimum absolute atomic E-state index is 0. The van der Waals surface area contributed by atoms with Crippen LogP contribution in [0.15, 0.2) is 23.1 Å². The van der Waals surface area contributed by atoms with Gasteiger partial charge >= 0.3 is 0 Å². The van der Waals surface area contributed by atoms with Gasteiger partial charge in [0.15, 0.2) is 4.90 Å². The summed E-state index contributed by atoms with van der Waals surface area (Å²) in [5.41, 5.74) is 5.36. The quantitative estimate of drug-likeness (QED) is 0.808. The highest BCUT2D eigenvalue weighted by atomic mass is 35.5. The lowest BCUT2D eigenvalue weighted by Crippen LogP contribution is -2.39. The Balaban J connectivity index is 0.00000441. The van der Waals surface area contributed by atoms with E-state index in [9.17, 15) is 8.42 Å². The number of nitrogens with two attached hydrogens (primary N) is 1. The van der Waals surface area contributed by atoms with Crippen LogP contribution < -0.4 is 15.2 Å². The van der Waals surface area contributed by atoms with E-state index in [-0.39, 0.29) is 34.2 Å². The van der Waals surface area contributed by atoms with Gasteiger partial charge in [0, 0.05) is 13.6 Å². The van der Waals surface area contributed by atoms with E-state index in [0.29, 0.717) is 13.1 Å². The predicted octanol–water partition coefficient (Wildman–Crippen LogP) is 1.73. The summed E-state index contributed by atoms with van der Waals surface area (Å²) in [6.07, 6.45) is 0. The molecule has 0 aliphatic heterocycles. The molecule has 0 saturated heterocycles. The van der Waals surface area contributed by atoms with Crippen LogP contribution in [0.5, 0.6) is 11.5 Å². The number of rotatable bonds is 7. The molecule has 0 fully saturated rings. The first-order valence-corrected chi connectivity index (χ1v) is 8.01. The minimum atomic E-state index is -3.74. The normalized spacial score (nSPS) is 12.0. The van der Waals surface area contributed by atoms with E-state index in [1.165, 1.54) is 25.6 Å². The Bertz CT molecular complexity index is 568. The topological polar surface area (TPSA) is 81.9 Å². The molecule has 1 aromatic rings. The van der Waals surface area contributed by atoms with E-state index in [2.05, 4.69) is 0 Å². The van der Waals surface area contributed by atoms with E-state index < -0.39 is 10.0 Å². The van der Waals surface area contributed by atoms with Gasteiger partial charge in [0.25, 0.3) is 0 Å². The summed E-state index contributed by atoms with van der Waals surface area (Å²) < 4.78 is 37.2. The van der Waals surface area contributed by atoms with Crippen LogP contribution in [0.4, 0.5) is 0 Å². The van der Waals surface area contributed by atoms with E-state index in [0.717, 1.165) is 0 Å². The summed E-state index contributed by atoms with van der Waals surface area (Å²) in [6.45, 7) is 4.51. The zero-order valence-electron chi connectivity index (χ0n) is 13.6. The number of sulfonamides is 1. The van der Waals surface area contributed by atoms with E-state index >= 15 is 0 Å². The van der Waals surface area contributed by atoms with E-state index in [1.807, 2.05) is 13.8 Å². The average molecular weight is 353 g/mol. The van der Waals surface area contributed by atoms with Crippen molar-refractivity contribution in [3.63, 3.8) is 0 Å². The summed E-state index contributed by atoms with van der Waals surface area (Å²) in [7, 11) is 0.643. The first-order chi connectivity index (χ1) is 9.69. The van der Waals surface area contributed by atoms with Crippen LogP contribution in [0.25, 0.3) is 0 Å². The van der Waals surface area contributed by atoms with Gasteiger partial charge in [0.1, 0.15) is 11.5 Å². The van der Waals surface area contributed by atoms with E-state index in [1.54, 1.807) is 18.2 Å². The van der Waals surface area contributed by atoms with Gasteiger partial charge in [-0.05, 0) is 24.1 Å². The van der Waals surface area contributed by atoms with Gasteiger partial charge in [-0.15, -0.1) is 12.4 Å². The van der Waals surface area contributed by atoms with Crippen LogP contribution in [0.3, 0.4) is 0 Å². The fraction of sp³-hybridized carbons (Fsp3) is 0.571. The molecule has 8 heteroatoms. The predicted molar refractivity (Wildman–Crippen MR) is 89.4 cm³/mol. The van der Waals surface area contributed by atoms with Crippen molar-refractivity contribution in [3.8, 4) is 11.5 Å². The van der Waals surface area contributed by atoms with Gasteiger partial charge in [-0.1, -0.05) is 19.9 Å². The maximum Gasteiger partial charge on any atom is 0.250 e. The largest absolute Gasteiger partial charge is 0.495 e. The maximum atomic E-state index is 12.8. The van der Waals surface area contributed by atoms with Crippen molar-refractivity contribution in [1.82, 2.24) is 4.31 Å². The fourth-order valence-corrected chi connectivity index (χ4v) is 3.62. The number of methoxy groups -OCH3 is 2. The number of halogens is 1. The molecule has 1 rings (SSSR count). The van der Waals surface area contributed by atoms with Crippen molar-refractivity contribution in [2.45, 2.75) is 18.7 Å². The third kappa shape index (κ3) is 4.49. The molecular formula is C14H25ClN2O4S. The van der Waals surface area contributed by atoms with Crippen LogP contribution in [0.2, 0.25) is 0 Å². The second-order valence-corrected chi connectivity index (χ2v) is 7.60. The lowest BCUT2D eigenvalue weighted by molar-refractivity contribution is 0.289. The minimum Gasteiger partial charge on any atom is -0.495 e. The molecule has 0 amide bonds. The molecule has 0 aliphatic rings. The van der Waals surface area contributed by atoms with E-state index in [4.69, 9.17) is 15.2 Å². The van der Waals surface area contributed by atoms with Gasteiger partial charge in [-0.3, -0.25) is 0 Å². The van der Waals surface area contributed by atoms with Crippen molar-refractivity contribution in [2.75, 3.05) is 34.4 Å². The zero-order valence-corrected chi connectivity index (χ0v) is 15.3. The molecule has 128 valence electrons. The summed E-state index contributed by atoms with van der Waals surface area (Å²) >= 11 is 0. The molecule has 2 N–H and O–H groups in total. The first-order valence-electron chi connectivity index (χ1n) is 6.57. The number of hydrogen-bond acceptors (Lipinski definition) is 5. The Hall–Kier alpha value is -1.02. The van der Waals surface area contributed by atoms with Crippen molar-refractivity contribution in [3.05, 3.63) is 18.2 Å². The third-order valence-electron chi connectivity index (χ3n) is 3.25. The molecule has 0 radical (unpaired) electrons. The second-order valence-electron chi connectivity index (χ2n) is 5.62. The summed E-state index contributed by atoms with van der Waals surface area (Å²) in [6, 6.07) is 4.87. The maximum absolute atomic E-state index is 12.8. The highest BCUT2D eigenvalue weighted by Gasteiger charge is 2.32. The summed E-state index contributed by atoms with van der Waals surface area (Å²) in [5.74, 6) is 0.513. The van der Waals surface area contributed by atoms with Gasteiger partial charge in [-0.2, -0.15) is 0 Å². The highest BCUT2D eigenvalue weighted by Crippen LogP contribution is 2.35. The molecule has 1 aromatic carbocycles. The van der Waals surface area contributed by atoms with Crippen LogP contribution >= 0.6 is 12.4 Å². The molecule has 0 spiro atoms. The van der Waals surface area contributed by atoms with Crippen molar-refractivity contribution >= 4 is 22.4 Å². The van der Waals surface area contributed by atoms with Gasteiger partial charge in [0.2, 0.25) is 10.0 Å². The lowest BCUT2D eigenvalue weighted by Gasteiger charge is -2.29. The Labute approximate surface area is 139 Å². The van der Waals surface area contributed by atoms with Gasteiger partial charge in [-0.25, -0.2) is 12.7 Å². The standard InChI is InChI=1S/C14H24N2O4S.ClH/c1-14(2,9-15)10-16(3)21(17,18)13-11(19-4)7-6-8-12(13)20-5;/h6-8H,9-10,15H2,1-5H3;1H. The third-order valence-corrected chi connectivity index (χ3v) is 5.12. The Morgan fingerprint density at radius 3 is 2.00 bits per heavy atom. The lowest BCUT2D eigenvalue weighted by atomic mass is 9.94. The second kappa shape index (κ2) is 8.01. The molecule has 0 aromatic heterocycles. The molecule has 0 bridgehead atoms. The van der Waals surface area contributed by atoms with Crippen LogP contribution in [-0.2, 0) is 10.0 Å². The molecule has 6 nitrogen and oxygen atoms in total. The molecular weight excluding hydrogens is 328 g/mol. The van der Waals surface area contributed by atoms with Crippen LogP contribution in [0.1, 0.15) is 13.8 Å². The molecule has 0 saturated carbocycles. The molecule has 0 aliphatic carbocycles. The molecule has 0 atom stereocenters. The van der Waals surface area contributed by atoms with Crippen LogP contribution in [0, 0.1) is 5.41 Å². The SMILES string of the molecule is COc1cccc(OC)c1S(=O)(=O)N(C)CC(C)(C)CN.Cl.